The highest BCUT2D eigenvalue weighted by Gasteiger charge is 2.36. The SMILES string of the molecule is CC(C)N(C(=O)COc1nnc(C(F)(F)F)s1)c1ccc(F)cc1.COc1cc(OC)nc(NC(=O)NS(=O)(=O)c2cc(NC=O)ccc2C(=O)N(C)C)n1. The smallest absolute Gasteiger partial charge is 0.445 e. The van der Waals surface area contributed by atoms with Gasteiger partial charge in [0.25, 0.3) is 27.0 Å². The van der Waals surface area contributed by atoms with Crippen LogP contribution in [-0.4, -0.2) is 98.7 Å². The zero-order valence-corrected chi connectivity index (χ0v) is 31.3. The number of ether oxygens (including phenoxy) is 3. The molecule has 2 heterocycles. The molecule has 0 saturated carbocycles. The van der Waals surface area contributed by atoms with Gasteiger partial charge in [-0.2, -0.15) is 23.1 Å². The Balaban J connectivity index is 0.000000305. The van der Waals surface area contributed by atoms with Crippen LogP contribution in [0.2, 0.25) is 0 Å². The summed E-state index contributed by atoms with van der Waals surface area (Å²) in [6.07, 6.45) is -4.27. The molecule has 5 amide bonds. The lowest BCUT2D eigenvalue weighted by Gasteiger charge is -2.26. The fourth-order valence-electron chi connectivity index (χ4n) is 4.20. The quantitative estimate of drug-likeness (QED) is 0.129. The van der Waals surface area contributed by atoms with Crippen LogP contribution in [0.25, 0.3) is 0 Å². The molecule has 4 aromatic rings. The molecule has 296 valence electrons. The van der Waals surface area contributed by atoms with E-state index in [-0.39, 0.29) is 51.5 Å². The van der Waals surface area contributed by atoms with Crippen LogP contribution >= 0.6 is 11.3 Å². The number of nitrogens with zero attached hydrogens (tertiary/aromatic N) is 6. The van der Waals surface area contributed by atoms with Crippen molar-refractivity contribution in [1.82, 2.24) is 29.8 Å². The minimum Gasteiger partial charge on any atom is -0.481 e. The van der Waals surface area contributed by atoms with E-state index in [9.17, 15) is 45.2 Å². The van der Waals surface area contributed by atoms with Crippen molar-refractivity contribution in [2.24, 2.45) is 0 Å². The summed E-state index contributed by atoms with van der Waals surface area (Å²) >= 11 is 0.210. The predicted octanol–water partition coefficient (Wildman–Crippen LogP) is 3.79. The average molecular weight is 816 g/mol. The van der Waals surface area contributed by atoms with Crippen LogP contribution in [0.3, 0.4) is 0 Å². The van der Waals surface area contributed by atoms with Crippen LogP contribution in [0, 0.1) is 5.82 Å². The fourth-order valence-corrected chi connectivity index (χ4v) is 5.89. The number of carbonyl (C=O) groups is 4. The second kappa shape index (κ2) is 18.7. The summed E-state index contributed by atoms with van der Waals surface area (Å²) in [6, 6.07) is 8.78. The average Bonchev–Trinajstić information content (AvgIpc) is 3.61. The predicted molar refractivity (Wildman–Crippen MR) is 188 cm³/mol. The third kappa shape index (κ3) is 12.2. The Hall–Kier alpha value is -6.17. The van der Waals surface area contributed by atoms with E-state index in [0.29, 0.717) is 12.1 Å². The molecule has 2 aromatic carbocycles. The molecule has 55 heavy (non-hydrogen) atoms. The van der Waals surface area contributed by atoms with Crippen molar-refractivity contribution < 1.29 is 59.4 Å². The number of nitrogens with one attached hydrogen (secondary N) is 3. The molecule has 0 saturated heterocycles. The molecule has 3 N–H and O–H groups in total. The third-order valence-corrected chi connectivity index (χ3v) is 8.79. The van der Waals surface area contributed by atoms with E-state index in [4.69, 9.17) is 14.2 Å². The Kier molecular flexibility index (Phi) is 14.7. The largest absolute Gasteiger partial charge is 0.481 e. The number of alkyl halides is 3. The summed E-state index contributed by atoms with van der Waals surface area (Å²) in [7, 11) is 0.991. The van der Waals surface area contributed by atoms with Crippen LogP contribution in [0.5, 0.6) is 17.0 Å². The van der Waals surface area contributed by atoms with E-state index >= 15 is 0 Å². The van der Waals surface area contributed by atoms with E-state index in [1.165, 1.54) is 75.7 Å². The lowest BCUT2D eigenvalue weighted by Crippen LogP contribution is -2.40. The number of carbonyl (C=O) groups excluding carboxylic acids is 4. The van der Waals surface area contributed by atoms with Gasteiger partial charge in [0.15, 0.2) is 6.61 Å². The Bertz CT molecular complexity index is 2080. The third-order valence-electron chi connectivity index (χ3n) is 6.54. The molecular weight excluding hydrogens is 783 g/mol. The van der Waals surface area contributed by atoms with E-state index < -0.39 is 56.4 Å². The Morgan fingerprint density at radius 3 is 2.09 bits per heavy atom. The first-order valence-corrected chi connectivity index (χ1v) is 17.6. The number of anilines is 3. The van der Waals surface area contributed by atoms with Crippen LogP contribution in [-0.2, 0) is 25.8 Å². The first-order chi connectivity index (χ1) is 25.8. The van der Waals surface area contributed by atoms with Gasteiger partial charge in [-0.25, -0.2) is 22.3 Å². The highest BCUT2D eigenvalue weighted by atomic mass is 32.2. The molecule has 4 rings (SSSR count). The number of benzene rings is 2. The highest BCUT2D eigenvalue weighted by molar-refractivity contribution is 7.90. The highest BCUT2D eigenvalue weighted by Crippen LogP contribution is 2.34. The molecule has 18 nitrogen and oxygen atoms in total. The number of rotatable bonds is 13. The van der Waals surface area contributed by atoms with Gasteiger partial charge in [-0.3, -0.25) is 19.7 Å². The number of urea groups is 1. The first kappa shape index (κ1) is 43.2. The molecule has 0 spiro atoms. The molecular formula is C31H33F4N9O9S2. The van der Waals surface area contributed by atoms with Crippen molar-refractivity contribution in [3.8, 4) is 17.0 Å². The fraction of sp³-hybridized carbons (Fsp3) is 0.290. The second-order valence-corrected chi connectivity index (χ2v) is 13.6. The van der Waals surface area contributed by atoms with Crippen LogP contribution in [0.15, 0.2) is 53.4 Å². The van der Waals surface area contributed by atoms with Gasteiger partial charge in [0, 0.05) is 31.5 Å². The van der Waals surface area contributed by atoms with Gasteiger partial charge in [-0.15, -0.1) is 5.10 Å². The van der Waals surface area contributed by atoms with Crippen molar-refractivity contribution in [1.29, 1.82) is 0 Å². The lowest BCUT2D eigenvalue weighted by atomic mass is 10.2. The standard InChI is InChI=1S/C17H20N6O7S.C14H13F4N3O2S/c1-23(2)15(25)11-6-5-10(18-9-24)7-12(11)31(27,28)22-17(26)21-16-19-13(29-3)8-14(20-16)30-4;1-8(2)21(10-5-3-9(15)4-6-10)11(22)7-23-13-20-19-12(24-13)14(16,17)18/h5-9H,1-4H3,(H,18,24)(H2,19,20,21,22,26);3-6,8H,7H2,1-2H3. The van der Waals surface area contributed by atoms with Gasteiger partial charge in [-0.1, -0.05) is 16.4 Å². The number of sulfonamides is 1. The summed E-state index contributed by atoms with van der Waals surface area (Å²) in [5.41, 5.74) is 0.348. The summed E-state index contributed by atoms with van der Waals surface area (Å²) in [4.78, 5) is 57.4. The topological polar surface area (TPSA) is 224 Å². The monoisotopic (exact) mass is 815 g/mol. The normalized spacial score (nSPS) is 11.0. The van der Waals surface area contributed by atoms with Crippen LogP contribution in [0.4, 0.5) is 39.7 Å². The molecule has 0 aliphatic rings. The van der Waals surface area contributed by atoms with Crippen molar-refractivity contribution in [3.05, 3.63) is 64.9 Å². The minimum absolute atomic E-state index is 0.0662. The number of methoxy groups -OCH3 is 2. The van der Waals surface area contributed by atoms with Gasteiger partial charge >= 0.3 is 12.2 Å². The van der Waals surface area contributed by atoms with Gasteiger partial charge < -0.3 is 29.3 Å². The Morgan fingerprint density at radius 2 is 1.58 bits per heavy atom. The maximum Gasteiger partial charge on any atom is 0.445 e. The minimum atomic E-state index is -4.61. The molecule has 0 radical (unpaired) electrons. The number of hydrogen-bond acceptors (Lipinski definition) is 14. The van der Waals surface area contributed by atoms with Gasteiger partial charge in [-0.05, 0) is 56.3 Å². The summed E-state index contributed by atoms with van der Waals surface area (Å²) in [5.74, 6) is -1.72. The molecule has 0 aliphatic carbocycles. The Labute approximate surface area is 314 Å². The number of amides is 5. The maximum absolute atomic E-state index is 13.0. The molecule has 2 aromatic heterocycles. The zero-order valence-electron chi connectivity index (χ0n) is 29.7. The van der Waals surface area contributed by atoms with Gasteiger partial charge in [0.1, 0.15) is 10.7 Å². The molecule has 0 unspecified atom stereocenters. The first-order valence-electron chi connectivity index (χ1n) is 15.3. The number of halogens is 4. The lowest BCUT2D eigenvalue weighted by molar-refractivity contribution is -0.138. The molecule has 0 aliphatic heterocycles. The second-order valence-electron chi connectivity index (χ2n) is 11.0. The zero-order chi connectivity index (χ0) is 41.1. The molecule has 0 fully saturated rings. The van der Waals surface area contributed by atoms with Crippen molar-refractivity contribution >= 4 is 62.9 Å². The summed E-state index contributed by atoms with van der Waals surface area (Å²) in [5, 5.41) is 9.15. The van der Waals surface area contributed by atoms with E-state index in [1.807, 2.05) is 0 Å². The summed E-state index contributed by atoms with van der Waals surface area (Å²) in [6.45, 7) is 2.98. The van der Waals surface area contributed by atoms with E-state index in [2.05, 4.69) is 30.8 Å². The van der Waals surface area contributed by atoms with Gasteiger partial charge in [0.05, 0.1) is 25.8 Å². The molecule has 24 heteroatoms. The van der Waals surface area contributed by atoms with E-state index in [0.717, 1.165) is 11.0 Å². The number of hydrogen-bond donors (Lipinski definition) is 3. The van der Waals surface area contributed by atoms with Crippen molar-refractivity contribution in [2.45, 2.75) is 31.0 Å². The molecule has 0 atom stereocenters. The van der Waals surface area contributed by atoms with Crippen molar-refractivity contribution in [3.63, 3.8) is 0 Å². The van der Waals surface area contributed by atoms with Crippen LogP contribution < -0.4 is 34.5 Å². The van der Waals surface area contributed by atoms with Crippen LogP contribution in [0.1, 0.15) is 29.2 Å². The summed E-state index contributed by atoms with van der Waals surface area (Å²) < 4.78 is 92.6. The Morgan fingerprint density at radius 1 is 0.964 bits per heavy atom. The maximum atomic E-state index is 13.0. The van der Waals surface area contributed by atoms with Crippen molar-refractivity contribution in [2.75, 3.05) is 50.5 Å². The molecule has 0 bridgehead atoms. The number of aromatic nitrogens is 4. The van der Waals surface area contributed by atoms with E-state index in [1.54, 1.807) is 18.6 Å². The van der Waals surface area contributed by atoms with Gasteiger partial charge in [0.2, 0.25) is 29.1 Å².